The lowest BCUT2D eigenvalue weighted by molar-refractivity contribution is 0.0937. The molecule has 1 heterocycles. The molecule has 148 valence electrons. The quantitative estimate of drug-likeness (QED) is 0.708. The molecule has 0 unspecified atom stereocenters. The monoisotopic (exact) mass is 390 g/mol. The van der Waals surface area contributed by atoms with E-state index >= 15 is 0 Å². The van der Waals surface area contributed by atoms with Crippen LogP contribution < -0.4 is 10.1 Å². The molecule has 0 aromatic heterocycles. The minimum atomic E-state index is -0.0390. The van der Waals surface area contributed by atoms with Gasteiger partial charge in [0.2, 0.25) is 0 Å². The largest absolute Gasteiger partial charge is 0.489 e. The summed E-state index contributed by atoms with van der Waals surface area (Å²) in [7, 11) is 0. The number of likely N-dealkylation sites (tertiary alicyclic amines) is 1. The number of carbonyl (C=O) groups excluding carboxylic acids is 1. The number of ether oxygens (including phenoxy) is 1. The Labute approximate surface area is 167 Å². The second-order valence-corrected chi connectivity index (χ2v) is 8.41. The number of amides is 1. The van der Waals surface area contributed by atoms with Gasteiger partial charge in [0.25, 0.3) is 5.91 Å². The van der Waals surface area contributed by atoms with Crippen molar-refractivity contribution in [2.45, 2.75) is 64.5 Å². The Morgan fingerprint density at radius 3 is 2.56 bits per heavy atom. The third kappa shape index (κ3) is 5.98. The molecule has 27 heavy (non-hydrogen) atoms. The Morgan fingerprint density at radius 2 is 1.93 bits per heavy atom. The van der Waals surface area contributed by atoms with Gasteiger partial charge in [-0.2, -0.15) is 0 Å². The SMILES string of the molecule is CC(C)=CCN1CCC(Oc2ccc(C(=O)NC3CCCC3)cc2Cl)CC1. The molecule has 0 radical (unpaired) electrons. The molecule has 1 aliphatic heterocycles. The number of rotatable bonds is 6. The van der Waals surface area contributed by atoms with Crippen LogP contribution >= 0.6 is 11.6 Å². The molecule has 1 saturated carbocycles. The maximum Gasteiger partial charge on any atom is 0.251 e. The molecule has 1 aliphatic carbocycles. The van der Waals surface area contributed by atoms with Gasteiger partial charge < -0.3 is 10.1 Å². The standard InChI is InChI=1S/C22H31ClN2O2/c1-16(2)9-12-25-13-10-19(11-14-25)27-21-8-7-17(15-20(21)23)22(26)24-18-5-3-4-6-18/h7-9,15,18-19H,3-6,10-14H2,1-2H3,(H,24,26). The predicted molar refractivity (Wildman–Crippen MR) is 111 cm³/mol. The lowest BCUT2D eigenvalue weighted by atomic mass is 10.1. The fraction of sp³-hybridized carbons (Fsp3) is 0.591. The van der Waals surface area contributed by atoms with Crippen molar-refractivity contribution >= 4 is 17.5 Å². The number of benzene rings is 1. The Balaban J connectivity index is 1.51. The van der Waals surface area contributed by atoms with Crippen molar-refractivity contribution in [3.05, 3.63) is 40.4 Å². The summed E-state index contributed by atoms with van der Waals surface area (Å²) in [5, 5.41) is 3.61. The molecule has 0 atom stereocenters. The van der Waals surface area contributed by atoms with Gasteiger partial charge >= 0.3 is 0 Å². The van der Waals surface area contributed by atoms with Crippen LogP contribution in [0.3, 0.4) is 0 Å². The van der Waals surface area contributed by atoms with E-state index in [1.54, 1.807) is 6.07 Å². The van der Waals surface area contributed by atoms with Gasteiger partial charge in [-0.05, 0) is 57.7 Å². The Kier molecular flexibility index (Phi) is 7.20. The van der Waals surface area contributed by atoms with Gasteiger partial charge in [-0.25, -0.2) is 0 Å². The van der Waals surface area contributed by atoms with E-state index in [4.69, 9.17) is 16.3 Å². The fourth-order valence-corrected chi connectivity index (χ4v) is 4.00. The third-order valence-electron chi connectivity index (χ3n) is 5.47. The van der Waals surface area contributed by atoms with Gasteiger partial charge in [0, 0.05) is 31.2 Å². The maximum atomic E-state index is 12.4. The molecule has 1 amide bonds. The number of allylic oxidation sites excluding steroid dienone is 1. The normalized spacial score (nSPS) is 19.1. The van der Waals surface area contributed by atoms with Crippen molar-refractivity contribution in [1.82, 2.24) is 10.2 Å². The van der Waals surface area contributed by atoms with Crippen LogP contribution in [-0.2, 0) is 0 Å². The molecule has 4 nitrogen and oxygen atoms in total. The first-order valence-corrected chi connectivity index (χ1v) is 10.5. The second kappa shape index (κ2) is 9.61. The molecular formula is C22H31ClN2O2. The van der Waals surface area contributed by atoms with Gasteiger partial charge in [0.05, 0.1) is 5.02 Å². The zero-order valence-electron chi connectivity index (χ0n) is 16.5. The number of nitrogens with zero attached hydrogens (tertiary/aromatic N) is 1. The van der Waals surface area contributed by atoms with E-state index in [1.807, 2.05) is 12.1 Å². The van der Waals surface area contributed by atoms with Crippen LogP contribution in [0.15, 0.2) is 29.8 Å². The summed E-state index contributed by atoms with van der Waals surface area (Å²) in [6.45, 7) is 7.35. The van der Waals surface area contributed by atoms with E-state index in [0.717, 1.165) is 45.3 Å². The number of halogens is 1. The number of piperidine rings is 1. The highest BCUT2D eigenvalue weighted by Crippen LogP contribution is 2.29. The molecule has 0 spiro atoms. The highest BCUT2D eigenvalue weighted by Gasteiger charge is 2.22. The zero-order chi connectivity index (χ0) is 19.2. The van der Waals surface area contributed by atoms with Gasteiger partial charge in [-0.15, -0.1) is 0 Å². The zero-order valence-corrected chi connectivity index (χ0v) is 17.2. The van der Waals surface area contributed by atoms with E-state index in [1.165, 1.54) is 18.4 Å². The summed E-state index contributed by atoms with van der Waals surface area (Å²) >= 11 is 6.40. The highest BCUT2D eigenvalue weighted by atomic mass is 35.5. The van der Waals surface area contributed by atoms with Gasteiger partial charge in [0.15, 0.2) is 0 Å². The molecule has 1 saturated heterocycles. The topological polar surface area (TPSA) is 41.6 Å². The smallest absolute Gasteiger partial charge is 0.251 e. The molecular weight excluding hydrogens is 360 g/mol. The average Bonchev–Trinajstić information content (AvgIpc) is 3.15. The van der Waals surface area contributed by atoms with E-state index in [-0.39, 0.29) is 12.0 Å². The van der Waals surface area contributed by atoms with E-state index in [9.17, 15) is 4.79 Å². The molecule has 0 bridgehead atoms. The number of hydrogen-bond acceptors (Lipinski definition) is 3. The van der Waals surface area contributed by atoms with E-state index in [2.05, 4.69) is 30.1 Å². The van der Waals surface area contributed by atoms with Crippen molar-refractivity contribution in [3.8, 4) is 5.75 Å². The molecule has 1 aromatic carbocycles. The van der Waals surface area contributed by atoms with Crippen LogP contribution in [0.2, 0.25) is 5.02 Å². The molecule has 2 aliphatic rings. The fourth-order valence-electron chi connectivity index (χ4n) is 3.78. The highest BCUT2D eigenvalue weighted by molar-refractivity contribution is 6.32. The van der Waals surface area contributed by atoms with Gasteiger partial charge in [-0.1, -0.05) is 36.1 Å². The summed E-state index contributed by atoms with van der Waals surface area (Å²) < 4.78 is 6.12. The van der Waals surface area contributed by atoms with Crippen LogP contribution in [0.1, 0.15) is 62.7 Å². The van der Waals surface area contributed by atoms with Crippen molar-refractivity contribution in [3.63, 3.8) is 0 Å². The van der Waals surface area contributed by atoms with Gasteiger partial charge in [0.1, 0.15) is 11.9 Å². The van der Waals surface area contributed by atoms with E-state index < -0.39 is 0 Å². The predicted octanol–water partition coefficient (Wildman–Crippen LogP) is 4.82. The molecule has 2 fully saturated rings. The molecule has 3 rings (SSSR count). The molecule has 5 heteroatoms. The molecule has 1 N–H and O–H groups in total. The summed E-state index contributed by atoms with van der Waals surface area (Å²) in [6, 6.07) is 5.69. The summed E-state index contributed by atoms with van der Waals surface area (Å²) in [4.78, 5) is 14.8. The third-order valence-corrected chi connectivity index (χ3v) is 5.77. The van der Waals surface area contributed by atoms with Crippen molar-refractivity contribution in [1.29, 1.82) is 0 Å². The number of nitrogens with one attached hydrogen (secondary N) is 1. The number of carbonyl (C=O) groups is 1. The Morgan fingerprint density at radius 1 is 1.22 bits per heavy atom. The number of hydrogen-bond donors (Lipinski definition) is 1. The van der Waals surface area contributed by atoms with Gasteiger partial charge in [-0.3, -0.25) is 9.69 Å². The average molecular weight is 391 g/mol. The van der Waals surface area contributed by atoms with Crippen molar-refractivity contribution < 1.29 is 9.53 Å². The van der Waals surface area contributed by atoms with Crippen LogP contribution in [0, 0.1) is 0 Å². The lowest BCUT2D eigenvalue weighted by Crippen LogP contribution is -2.38. The Bertz CT molecular complexity index is 671. The van der Waals surface area contributed by atoms with Crippen LogP contribution in [0.4, 0.5) is 0 Å². The first kappa shape index (κ1) is 20.2. The summed E-state index contributed by atoms with van der Waals surface area (Å²) in [5.41, 5.74) is 1.97. The van der Waals surface area contributed by atoms with Crippen LogP contribution in [0.25, 0.3) is 0 Å². The Hall–Kier alpha value is -1.52. The second-order valence-electron chi connectivity index (χ2n) is 8.00. The van der Waals surface area contributed by atoms with E-state index in [0.29, 0.717) is 22.4 Å². The molecule has 1 aromatic rings. The minimum Gasteiger partial charge on any atom is -0.489 e. The summed E-state index contributed by atoms with van der Waals surface area (Å²) in [6.07, 6.45) is 9.00. The maximum absolute atomic E-state index is 12.4. The van der Waals surface area contributed by atoms with Crippen molar-refractivity contribution in [2.75, 3.05) is 19.6 Å². The van der Waals surface area contributed by atoms with Crippen molar-refractivity contribution in [2.24, 2.45) is 0 Å². The first-order valence-electron chi connectivity index (χ1n) is 10.1. The summed E-state index contributed by atoms with van der Waals surface area (Å²) in [5.74, 6) is 0.639. The first-order chi connectivity index (χ1) is 13.0. The minimum absolute atomic E-state index is 0.0390. The lowest BCUT2D eigenvalue weighted by Gasteiger charge is -2.31. The van der Waals surface area contributed by atoms with Crippen LogP contribution in [-0.4, -0.2) is 42.6 Å². The van der Waals surface area contributed by atoms with Crippen LogP contribution in [0.5, 0.6) is 5.75 Å².